The quantitative estimate of drug-likeness (QED) is 0.634. The number of phenolic OH excluding ortho intramolecular Hbond substituents is 1. The highest BCUT2D eigenvalue weighted by Gasteiger charge is 2.39. The minimum atomic E-state index is 0.0631. The number of nitrogens with zero attached hydrogens (tertiary/aromatic N) is 3. The standard InChI is InChI=1S/C25H32N4O2/c1-24(2)14-18(15-25(3,4)28-24)29(5)23-10-9-21(26-27-23)20-12-16-7-8-19(31-6)11-17(16)13-22(20)30/h7-13,18,28,30H,14-15H2,1-6H3. The van der Waals surface area contributed by atoms with Crippen LogP contribution in [0.5, 0.6) is 11.5 Å². The van der Waals surface area contributed by atoms with Crippen molar-refractivity contribution in [1.29, 1.82) is 0 Å². The van der Waals surface area contributed by atoms with E-state index in [4.69, 9.17) is 4.74 Å². The molecule has 0 radical (unpaired) electrons. The van der Waals surface area contributed by atoms with E-state index in [9.17, 15) is 5.11 Å². The van der Waals surface area contributed by atoms with Gasteiger partial charge in [-0.1, -0.05) is 6.07 Å². The van der Waals surface area contributed by atoms with Crippen LogP contribution in [0, 0.1) is 0 Å². The van der Waals surface area contributed by atoms with Crippen LogP contribution in [0.2, 0.25) is 0 Å². The van der Waals surface area contributed by atoms with Gasteiger partial charge in [-0.05, 0) is 87.7 Å². The molecule has 1 aliphatic rings. The van der Waals surface area contributed by atoms with Crippen molar-refractivity contribution in [3.05, 3.63) is 42.5 Å². The van der Waals surface area contributed by atoms with E-state index in [-0.39, 0.29) is 16.8 Å². The first-order chi connectivity index (χ1) is 14.6. The molecule has 6 heteroatoms. The summed E-state index contributed by atoms with van der Waals surface area (Å²) in [6.07, 6.45) is 2.07. The van der Waals surface area contributed by atoms with Crippen molar-refractivity contribution < 1.29 is 9.84 Å². The smallest absolute Gasteiger partial charge is 0.151 e. The first-order valence-electron chi connectivity index (χ1n) is 10.7. The van der Waals surface area contributed by atoms with Crippen molar-refractivity contribution >= 4 is 16.6 Å². The monoisotopic (exact) mass is 420 g/mol. The van der Waals surface area contributed by atoms with Gasteiger partial charge in [-0.25, -0.2) is 0 Å². The minimum Gasteiger partial charge on any atom is -0.507 e. The van der Waals surface area contributed by atoms with Crippen LogP contribution < -0.4 is 15.0 Å². The Labute approximate surface area is 184 Å². The lowest BCUT2D eigenvalue weighted by Gasteiger charge is -2.49. The Kier molecular flexibility index (Phi) is 5.30. The van der Waals surface area contributed by atoms with Gasteiger partial charge in [-0.15, -0.1) is 10.2 Å². The summed E-state index contributed by atoms with van der Waals surface area (Å²) in [4.78, 5) is 2.23. The molecule has 1 fully saturated rings. The Bertz CT molecular complexity index is 1080. The van der Waals surface area contributed by atoms with E-state index < -0.39 is 0 Å². The molecule has 31 heavy (non-hydrogen) atoms. The average Bonchev–Trinajstić information content (AvgIpc) is 2.70. The zero-order valence-corrected chi connectivity index (χ0v) is 19.2. The van der Waals surface area contributed by atoms with Crippen molar-refractivity contribution in [2.45, 2.75) is 57.7 Å². The number of piperidine rings is 1. The molecule has 0 atom stereocenters. The molecule has 6 nitrogen and oxygen atoms in total. The summed E-state index contributed by atoms with van der Waals surface area (Å²) in [5.41, 5.74) is 1.45. The molecular formula is C25H32N4O2. The summed E-state index contributed by atoms with van der Waals surface area (Å²) < 4.78 is 5.28. The lowest BCUT2D eigenvalue weighted by molar-refractivity contribution is 0.160. The lowest BCUT2D eigenvalue weighted by atomic mass is 9.79. The number of anilines is 1. The molecule has 1 aromatic heterocycles. The fourth-order valence-corrected chi connectivity index (χ4v) is 4.98. The van der Waals surface area contributed by atoms with E-state index in [2.05, 4.69) is 55.2 Å². The van der Waals surface area contributed by atoms with Crippen LogP contribution in [0.1, 0.15) is 40.5 Å². The number of hydrogen-bond acceptors (Lipinski definition) is 6. The summed E-state index contributed by atoms with van der Waals surface area (Å²) >= 11 is 0. The molecule has 0 unspecified atom stereocenters. The number of aromatic hydroxyl groups is 1. The molecule has 1 aliphatic heterocycles. The highest BCUT2D eigenvalue weighted by Crippen LogP contribution is 2.35. The number of nitrogens with one attached hydrogen (secondary N) is 1. The van der Waals surface area contributed by atoms with E-state index in [1.807, 2.05) is 36.4 Å². The normalized spacial score (nSPS) is 18.1. The van der Waals surface area contributed by atoms with E-state index in [0.717, 1.165) is 35.2 Å². The van der Waals surface area contributed by atoms with Gasteiger partial charge in [0.1, 0.15) is 11.5 Å². The molecule has 164 valence electrons. The topological polar surface area (TPSA) is 70.5 Å². The molecule has 0 amide bonds. The zero-order chi connectivity index (χ0) is 22.4. The van der Waals surface area contributed by atoms with Gasteiger partial charge >= 0.3 is 0 Å². The zero-order valence-electron chi connectivity index (χ0n) is 19.2. The van der Waals surface area contributed by atoms with Gasteiger partial charge in [-0.2, -0.15) is 0 Å². The number of fused-ring (bicyclic) bond motifs is 1. The molecule has 0 saturated carbocycles. The van der Waals surface area contributed by atoms with Crippen LogP contribution in [-0.4, -0.2) is 46.6 Å². The molecule has 0 bridgehead atoms. The Morgan fingerprint density at radius 3 is 2.29 bits per heavy atom. The van der Waals surface area contributed by atoms with Crippen LogP contribution >= 0.6 is 0 Å². The highest BCUT2D eigenvalue weighted by atomic mass is 16.5. The van der Waals surface area contributed by atoms with Gasteiger partial charge in [0.15, 0.2) is 5.82 Å². The summed E-state index contributed by atoms with van der Waals surface area (Å²) in [6, 6.07) is 13.8. The van der Waals surface area contributed by atoms with Crippen LogP contribution in [-0.2, 0) is 0 Å². The molecular weight excluding hydrogens is 388 g/mol. The number of rotatable bonds is 4. The fraction of sp³-hybridized carbons (Fsp3) is 0.440. The Balaban J connectivity index is 1.60. The van der Waals surface area contributed by atoms with Crippen molar-refractivity contribution in [2.75, 3.05) is 19.1 Å². The highest BCUT2D eigenvalue weighted by molar-refractivity contribution is 5.90. The van der Waals surface area contributed by atoms with E-state index >= 15 is 0 Å². The largest absolute Gasteiger partial charge is 0.507 e. The van der Waals surface area contributed by atoms with E-state index in [1.165, 1.54) is 0 Å². The molecule has 2 aromatic carbocycles. The van der Waals surface area contributed by atoms with Crippen LogP contribution in [0.25, 0.3) is 22.0 Å². The van der Waals surface area contributed by atoms with E-state index in [0.29, 0.717) is 17.3 Å². The van der Waals surface area contributed by atoms with Crippen LogP contribution in [0.4, 0.5) is 5.82 Å². The minimum absolute atomic E-state index is 0.0631. The number of ether oxygens (including phenoxy) is 1. The Morgan fingerprint density at radius 1 is 0.968 bits per heavy atom. The second-order valence-electron chi connectivity index (χ2n) is 9.92. The average molecular weight is 421 g/mol. The molecule has 2 heterocycles. The van der Waals surface area contributed by atoms with Crippen LogP contribution in [0.15, 0.2) is 42.5 Å². The number of benzene rings is 2. The van der Waals surface area contributed by atoms with Crippen molar-refractivity contribution in [3.8, 4) is 22.8 Å². The maximum Gasteiger partial charge on any atom is 0.151 e. The second kappa shape index (κ2) is 7.68. The maximum atomic E-state index is 10.6. The molecule has 1 saturated heterocycles. The van der Waals surface area contributed by atoms with Gasteiger partial charge < -0.3 is 20.1 Å². The van der Waals surface area contributed by atoms with Crippen molar-refractivity contribution in [1.82, 2.24) is 15.5 Å². The van der Waals surface area contributed by atoms with Crippen LogP contribution in [0.3, 0.4) is 0 Å². The predicted octanol–water partition coefficient (Wildman–Crippen LogP) is 4.76. The van der Waals surface area contributed by atoms with Gasteiger partial charge in [0.05, 0.1) is 12.8 Å². The van der Waals surface area contributed by atoms with Gasteiger partial charge in [0.2, 0.25) is 0 Å². The fourth-order valence-electron chi connectivity index (χ4n) is 4.98. The third-order valence-corrected chi connectivity index (χ3v) is 6.17. The summed E-state index contributed by atoms with van der Waals surface area (Å²) in [7, 11) is 3.72. The lowest BCUT2D eigenvalue weighted by Crippen LogP contribution is -2.62. The third-order valence-electron chi connectivity index (χ3n) is 6.17. The number of aromatic nitrogens is 2. The first kappa shape index (κ1) is 21.4. The summed E-state index contributed by atoms with van der Waals surface area (Å²) in [6.45, 7) is 9.01. The van der Waals surface area contributed by atoms with Crippen molar-refractivity contribution in [2.24, 2.45) is 0 Å². The number of methoxy groups -OCH3 is 1. The Hall–Kier alpha value is -2.86. The van der Waals surface area contributed by atoms with E-state index in [1.54, 1.807) is 13.2 Å². The number of hydrogen-bond donors (Lipinski definition) is 2. The second-order valence-corrected chi connectivity index (χ2v) is 9.92. The molecule has 4 rings (SSSR count). The molecule has 3 aromatic rings. The molecule has 2 N–H and O–H groups in total. The number of phenols is 1. The maximum absolute atomic E-state index is 10.6. The summed E-state index contributed by atoms with van der Waals surface area (Å²) in [5.74, 6) is 1.78. The first-order valence-corrected chi connectivity index (χ1v) is 10.7. The molecule has 0 spiro atoms. The van der Waals surface area contributed by atoms with Gasteiger partial charge in [-0.3, -0.25) is 0 Å². The van der Waals surface area contributed by atoms with Crippen molar-refractivity contribution in [3.63, 3.8) is 0 Å². The van der Waals surface area contributed by atoms with Gasteiger partial charge in [0, 0.05) is 29.7 Å². The Morgan fingerprint density at radius 2 is 1.68 bits per heavy atom. The molecule has 0 aliphatic carbocycles. The third kappa shape index (κ3) is 4.44. The SMILES string of the molecule is COc1ccc2cc(-c3ccc(N(C)C4CC(C)(C)NC(C)(C)C4)nn3)c(O)cc2c1. The van der Waals surface area contributed by atoms with Gasteiger partial charge in [0.25, 0.3) is 0 Å². The summed E-state index contributed by atoms with van der Waals surface area (Å²) in [5, 5.41) is 25.2. The predicted molar refractivity (Wildman–Crippen MR) is 126 cm³/mol.